The molecule has 0 atom stereocenters. The standard InChI is InChI=1S/C42H18F3N7/c43-42(44,45)41-39(51-35-8-4-25(20-47)13-31(35)32-14-26(21-48)5-9-36(32)51)17-30(29-3-1-2-24(12-29)19-46)18-40(41)52-37-10-6-27(22-49)15-33(37)34-16-28(23-50)7-11-38(34)52/h1-18H. The summed E-state index contributed by atoms with van der Waals surface area (Å²) in [5.74, 6) is 0. The van der Waals surface area contributed by atoms with Crippen LogP contribution in [-0.4, -0.2) is 9.13 Å². The van der Waals surface area contributed by atoms with Crippen LogP contribution in [0.2, 0.25) is 0 Å². The maximum Gasteiger partial charge on any atom is 0.420 e. The molecule has 2 aromatic heterocycles. The Labute approximate surface area is 293 Å². The second-order valence-corrected chi connectivity index (χ2v) is 12.1. The Balaban J connectivity index is 1.61. The predicted octanol–water partition coefficient (Wildman–Crippen LogP) is 9.92. The first-order chi connectivity index (χ1) is 25.2. The van der Waals surface area contributed by atoms with Gasteiger partial charge >= 0.3 is 6.18 Å². The maximum absolute atomic E-state index is 16.0. The summed E-state index contributed by atoms with van der Waals surface area (Å²) in [5, 5.41) is 50.5. The summed E-state index contributed by atoms with van der Waals surface area (Å²) < 4.78 is 50.9. The van der Waals surface area contributed by atoms with Gasteiger partial charge in [0, 0.05) is 21.5 Å². The Bertz CT molecular complexity index is 2760. The average Bonchev–Trinajstić information content (AvgIpc) is 3.67. The van der Waals surface area contributed by atoms with Crippen LogP contribution in [0.5, 0.6) is 0 Å². The second-order valence-electron chi connectivity index (χ2n) is 12.1. The normalized spacial score (nSPS) is 11.3. The third-order valence-corrected chi connectivity index (χ3v) is 9.23. The van der Waals surface area contributed by atoms with Crippen molar-refractivity contribution in [3.8, 4) is 52.8 Å². The molecule has 0 amide bonds. The van der Waals surface area contributed by atoms with Crippen molar-refractivity contribution < 1.29 is 13.2 Å². The number of hydrogen-bond acceptors (Lipinski definition) is 5. The van der Waals surface area contributed by atoms with E-state index in [2.05, 4.69) is 30.3 Å². The molecule has 242 valence electrons. The van der Waals surface area contributed by atoms with Gasteiger partial charge in [0.25, 0.3) is 0 Å². The van der Waals surface area contributed by atoms with Crippen LogP contribution in [0.25, 0.3) is 66.1 Å². The zero-order valence-corrected chi connectivity index (χ0v) is 26.7. The molecule has 0 spiro atoms. The number of hydrogen-bond donors (Lipinski definition) is 0. The third kappa shape index (κ3) is 4.79. The van der Waals surface area contributed by atoms with Gasteiger partial charge in [0.05, 0.1) is 91.6 Å². The lowest BCUT2D eigenvalue weighted by Crippen LogP contribution is -2.16. The van der Waals surface area contributed by atoms with E-state index in [1.165, 1.54) is 45.5 Å². The molecule has 0 aliphatic carbocycles. The van der Waals surface area contributed by atoms with Crippen molar-refractivity contribution in [1.82, 2.24) is 9.13 Å². The number of alkyl halides is 3. The Morgan fingerprint density at radius 1 is 0.404 bits per heavy atom. The smallest absolute Gasteiger partial charge is 0.309 e. The van der Waals surface area contributed by atoms with Crippen LogP contribution in [0.1, 0.15) is 33.4 Å². The first-order valence-electron chi connectivity index (χ1n) is 15.7. The number of halogens is 3. The summed E-state index contributed by atoms with van der Waals surface area (Å²) in [5.41, 5.74) is 2.46. The van der Waals surface area contributed by atoms with Crippen molar-refractivity contribution >= 4 is 43.6 Å². The molecular formula is C42H18F3N7. The molecule has 0 saturated carbocycles. The number of nitrogens with zero attached hydrogens (tertiary/aromatic N) is 7. The number of benzene rings is 6. The van der Waals surface area contributed by atoms with E-state index >= 15 is 13.2 Å². The summed E-state index contributed by atoms with van der Waals surface area (Å²) in [6.45, 7) is 0. The van der Waals surface area contributed by atoms with Crippen LogP contribution in [0.3, 0.4) is 0 Å². The molecule has 8 aromatic rings. The summed E-state index contributed by atoms with van der Waals surface area (Å²) in [6.07, 6.45) is -4.94. The van der Waals surface area contributed by atoms with Gasteiger partial charge in [-0.2, -0.15) is 39.5 Å². The minimum Gasteiger partial charge on any atom is -0.309 e. The van der Waals surface area contributed by atoms with E-state index in [-0.39, 0.29) is 11.4 Å². The summed E-state index contributed by atoms with van der Waals surface area (Å²) in [7, 11) is 0. The number of fused-ring (bicyclic) bond motifs is 6. The van der Waals surface area contributed by atoms with Crippen molar-refractivity contribution in [3.63, 3.8) is 0 Å². The molecular weight excluding hydrogens is 660 g/mol. The molecule has 2 heterocycles. The van der Waals surface area contributed by atoms with E-state index in [0.29, 0.717) is 82.6 Å². The summed E-state index contributed by atoms with van der Waals surface area (Å²) >= 11 is 0. The molecule has 0 unspecified atom stereocenters. The summed E-state index contributed by atoms with van der Waals surface area (Å²) in [4.78, 5) is 0. The molecule has 0 aliphatic rings. The van der Waals surface area contributed by atoms with Crippen LogP contribution in [0.15, 0.2) is 109 Å². The lowest BCUT2D eigenvalue weighted by atomic mass is 9.98. The molecule has 0 radical (unpaired) electrons. The molecule has 7 nitrogen and oxygen atoms in total. The van der Waals surface area contributed by atoms with Crippen molar-refractivity contribution in [2.45, 2.75) is 6.18 Å². The Morgan fingerprint density at radius 2 is 0.750 bits per heavy atom. The highest BCUT2D eigenvalue weighted by Crippen LogP contribution is 2.46. The van der Waals surface area contributed by atoms with Crippen LogP contribution in [0.4, 0.5) is 13.2 Å². The van der Waals surface area contributed by atoms with Crippen LogP contribution in [0, 0.1) is 56.7 Å². The second kappa shape index (κ2) is 11.6. The van der Waals surface area contributed by atoms with Crippen LogP contribution < -0.4 is 0 Å². The fourth-order valence-corrected chi connectivity index (χ4v) is 7.03. The van der Waals surface area contributed by atoms with E-state index in [1.807, 2.05) is 0 Å². The Hall–Kier alpha value is -7.84. The van der Waals surface area contributed by atoms with E-state index in [1.54, 1.807) is 72.8 Å². The van der Waals surface area contributed by atoms with Gasteiger partial charge in [-0.15, -0.1) is 0 Å². The average molecular weight is 678 g/mol. The number of rotatable bonds is 3. The Morgan fingerprint density at radius 3 is 1.08 bits per heavy atom. The molecule has 0 aliphatic heterocycles. The molecule has 8 rings (SSSR count). The molecule has 52 heavy (non-hydrogen) atoms. The molecule has 0 N–H and O–H groups in total. The van der Waals surface area contributed by atoms with Crippen molar-refractivity contribution in [3.05, 3.63) is 143 Å². The van der Waals surface area contributed by atoms with Gasteiger partial charge in [-0.25, -0.2) is 0 Å². The third-order valence-electron chi connectivity index (χ3n) is 9.23. The minimum atomic E-state index is -4.94. The van der Waals surface area contributed by atoms with Gasteiger partial charge in [-0.3, -0.25) is 0 Å². The molecule has 6 aromatic carbocycles. The van der Waals surface area contributed by atoms with Gasteiger partial charge in [0.15, 0.2) is 0 Å². The largest absolute Gasteiger partial charge is 0.420 e. The molecule has 0 bridgehead atoms. The van der Waals surface area contributed by atoms with E-state index < -0.39 is 11.7 Å². The van der Waals surface area contributed by atoms with Gasteiger partial charge in [0.2, 0.25) is 0 Å². The predicted molar refractivity (Wildman–Crippen MR) is 189 cm³/mol. The fourth-order valence-electron chi connectivity index (χ4n) is 7.03. The number of nitriles is 5. The first kappa shape index (κ1) is 31.4. The molecule has 0 fully saturated rings. The van der Waals surface area contributed by atoms with E-state index in [0.717, 1.165) is 0 Å². The monoisotopic (exact) mass is 677 g/mol. The highest BCUT2D eigenvalue weighted by Gasteiger charge is 2.39. The van der Waals surface area contributed by atoms with Gasteiger partial charge in [0.1, 0.15) is 5.56 Å². The first-order valence-corrected chi connectivity index (χ1v) is 15.7. The highest BCUT2D eigenvalue weighted by atomic mass is 19.4. The quantitative estimate of drug-likeness (QED) is 0.184. The zero-order chi connectivity index (χ0) is 36.3. The van der Waals surface area contributed by atoms with Gasteiger partial charge < -0.3 is 9.13 Å². The number of aromatic nitrogens is 2. The fraction of sp³-hybridized carbons (Fsp3) is 0.0238. The van der Waals surface area contributed by atoms with Crippen LogP contribution in [-0.2, 0) is 6.18 Å². The van der Waals surface area contributed by atoms with E-state index in [4.69, 9.17) is 0 Å². The Kier molecular flexibility index (Phi) is 7.04. The van der Waals surface area contributed by atoms with E-state index in [9.17, 15) is 26.3 Å². The minimum absolute atomic E-state index is 0.228. The van der Waals surface area contributed by atoms with Crippen molar-refractivity contribution in [1.29, 1.82) is 26.3 Å². The zero-order valence-electron chi connectivity index (χ0n) is 26.7. The van der Waals surface area contributed by atoms with Crippen LogP contribution >= 0.6 is 0 Å². The van der Waals surface area contributed by atoms with Crippen molar-refractivity contribution in [2.75, 3.05) is 0 Å². The SMILES string of the molecule is N#Cc1cccc(-c2cc(-n3c4ccc(C#N)cc4c4cc(C#N)ccc43)c(C(F)(F)F)c(-n3c4ccc(C#N)cc4c4cc(C#N)ccc43)c2)c1. The lowest BCUT2D eigenvalue weighted by molar-refractivity contribution is -0.137. The highest BCUT2D eigenvalue weighted by molar-refractivity contribution is 6.12. The summed E-state index contributed by atoms with van der Waals surface area (Å²) in [6, 6.07) is 38.8. The molecule has 0 saturated heterocycles. The van der Waals surface area contributed by atoms with Gasteiger partial charge in [-0.05, 0) is 108 Å². The van der Waals surface area contributed by atoms with Crippen molar-refractivity contribution in [2.24, 2.45) is 0 Å². The van der Waals surface area contributed by atoms with Gasteiger partial charge in [-0.1, -0.05) is 12.1 Å². The molecule has 10 heteroatoms. The topological polar surface area (TPSA) is 129 Å². The lowest BCUT2D eigenvalue weighted by Gasteiger charge is -2.23. The maximum atomic E-state index is 16.0.